The normalized spacial score (nSPS) is 36.0. The number of carbonyl (C=O) groups is 1. The van der Waals surface area contributed by atoms with Crippen LogP contribution in [0, 0.1) is 11.8 Å². The van der Waals surface area contributed by atoms with Gasteiger partial charge in [0.05, 0.1) is 37.1 Å². The lowest BCUT2D eigenvalue weighted by Gasteiger charge is -2.40. The van der Waals surface area contributed by atoms with Crippen LogP contribution in [-0.4, -0.2) is 63.6 Å². The summed E-state index contributed by atoms with van der Waals surface area (Å²) in [6, 6.07) is 0. The smallest absolute Gasteiger partial charge is 0.330 e. The van der Waals surface area contributed by atoms with Gasteiger partial charge in [0.1, 0.15) is 12.2 Å². The van der Waals surface area contributed by atoms with Crippen LogP contribution >= 0.6 is 0 Å². The Balaban J connectivity index is 1.59. The van der Waals surface area contributed by atoms with Crippen LogP contribution in [0.5, 0.6) is 0 Å². The lowest BCUT2D eigenvalue weighted by atomic mass is 9.88. The van der Waals surface area contributed by atoms with Gasteiger partial charge in [-0.3, -0.25) is 0 Å². The fraction of sp³-hybridized carbons (Fsp3) is 0.703. The van der Waals surface area contributed by atoms with E-state index in [0.717, 1.165) is 32.1 Å². The van der Waals surface area contributed by atoms with Crippen molar-refractivity contribution in [3.05, 3.63) is 60.3 Å². The molecule has 1 fully saturated rings. The van der Waals surface area contributed by atoms with E-state index in [0.29, 0.717) is 31.3 Å². The molecule has 44 heavy (non-hydrogen) atoms. The Bertz CT molecular complexity index is 1110. The zero-order valence-electron chi connectivity index (χ0n) is 28.6. The van der Waals surface area contributed by atoms with Gasteiger partial charge in [-0.05, 0) is 75.4 Å². The first-order valence-electron chi connectivity index (χ1n) is 16.8. The number of rotatable bonds is 5. The van der Waals surface area contributed by atoms with Gasteiger partial charge in [-0.15, -0.1) is 0 Å². The minimum atomic E-state index is -2.22. The van der Waals surface area contributed by atoms with E-state index in [1.54, 1.807) is 6.08 Å². The number of hydrogen-bond acceptors (Lipinski definition) is 6. The Morgan fingerprint density at radius 1 is 1.07 bits per heavy atom. The summed E-state index contributed by atoms with van der Waals surface area (Å²) >= 11 is 0. The third-order valence-electron chi connectivity index (χ3n) is 9.95. The topological polar surface area (TPSA) is 66.5 Å². The summed E-state index contributed by atoms with van der Waals surface area (Å²) in [5.74, 6) is 0.488. The predicted octanol–water partition coefficient (Wildman–Crippen LogP) is 8.41. The third kappa shape index (κ3) is 10.4. The van der Waals surface area contributed by atoms with Crippen LogP contribution < -0.4 is 0 Å². The van der Waals surface area contributed by atoms with Crippen LogP contribution in [0.3, 0.4) is 0 Å². The lowest BCUT2D eigenvalue weighted by Crippen LogP contribution is -2.47. The second-order valence-electron chi connectivity index (χ2n) is 15.3. The predicted molar refractivity (Wildman–Crippen MR) is 180 cm³/mol. The summed E-state index contributed by atoms with van der Waals surface area (Å²) in [5, 5.41) is -0.00476. The molecular weight excluding hydrogens is 568 g/mol. The van der Waals surface area contributed by atoms with E-state index in [4.69, 9.17) is 23.4 Å². The summed E-state index contributed by atoms with van der Waals surface area (Å²) in [4.78, 5) is 13.3. The van der Waals surface area contributed by atoms with Crippen molar-refractivity contribution in [2.75, 3.05) is 6.61 Å². The Morgan fingerprint density at radius 3 is 2.57 bits per heavy atom. The molecule has 0 aliphatic carbocycles. The van der Waals surface area contributed by atoms with Crippen LogP contribution in [0.2, 0.25) is 18.1 Å². The summed E-state index contributed by atoms with van der Waals surface area (Å²) < 4.78 is 31.9. The number of fused-ring (bicyclic) bond motifs is 3. The molecule has 0 aromatic carbocycles. The van der Waals surface area contributed by atoms with Gasteiger partial charge in [0.15, 0.2) is 8.32 Å². The van der Waals surface area contributed by atoms with Crippen LogP contribution in [0.1, 0.15) is 86.5 Å². The maximum Gasteiger partial charge on any atom is 0.330 e. The van der Waals surface area contributed by atoms with E-state index in [1.165, 1.54) is 11.1 Å². The minimum absolute atomic E-state index is 0.00476. The second kappa shape index (κ2) is 15.2. The Morgan fingerprint density at radius 2 is 1.84 bits per heavy atom. The van der Waals surface area contributed by atoms with Crippen molar-refractivity contribution in [1.82, 2.24) is 0 Å². The summed E-state index contributed by atoms with van der Waals surface area (Å²) in [6.07, 6.45) is 19.4. The molecule has 7 heteroatoms. The fourth-order valence-corrected chi connectivity index (χ4v) is 7.66. The highest BCUT2D eigenvalue weighted by Gasteiger charge is 2.47. The van der Waals surface area contributed by atoms with Gasteiger partial charge < -0.3 is 23.4 Å². The first-order valence-corrected chi connectivity index (χ1v) is 19.8. The van der Waals surface area contributed by atoms with Gasteiger partial charge >= 0.3 is 5.97 Å². The molecule has 6 nitrogen and oxygen atoms in total. The molecule has 246 valence electrons. The van der Waals surface area contributed by atoms with Crippen molar-refractivity contribution in [2.24, 2.45) is 11.8 Å². The number of ether oxygens (including phenoxy) is 4. The van der Waals surface area contributed by atoms with Crippen molar-refractivity contribution < 1.29 is 28.2 Å². The SMILES string of the molecule is C=C1C[C@H](C)C[C@@H]2CC=C[C@@H](C/C=C\C(=O)O[C@H]([C@H](/C=C/[C@@H]3CC(C)=CCO3)O[Si](C)(C)C(C)(C)C)C[C@H]3O[C@@H]3[C@@H](C)C1)O2. The first kappa shape index (κ1) is 35.1. The van der Waals surface area contributed by atoms with Gasteiger partial charge in [0.25, 0.3) is 0 Å². The number of epoxide rings is 1. The Hall–Kier alpha value is -1.77. The molecule has 0 aromatic heterocycles. The molecule has 0 N–H and O–H groups in total. The van der Waals surface area contributed by atoms with Crippen molar-refractivity contribution in [2.45, 2.75) is 147 Å². The summed E-state index contributed by atoms with van der Waals surface area (Å²) in [6.45, 7) is 22.9. The van der Waals surface area contributed by atoms with Crippen LogP contribution in [0.25, 0.3) is 0 Å². The maximum atomic E-state index is 13.3. The Kier molecular flexibility index (Phi) is 12.1. The van der Waals surface area contributed by atoms with E-state index in [2.05, 4.69) is 91.6 Å². The summed E-state index contributed by atoms with van der Waals surface area (Å²) in [5.41, 5.74) is 2.59. The van der Waals surface area contributed by atoms with E-state index < -0.39 is 20.5 Å². The van der Waals surface area contributed by atoms with Gasteiger partial charge in [-0.25, -0.2) is 4.79 Å². The van der Waals surface area contributed by atoms with Crippen LogP contribution in [-0.2, 0) is 28.2 Å². The van der Waals surface area contributed by atoms with Gasteiger partial charge in [-0.2, -0.15) is 0 Å². The lowest BCUT2D eigenvalue weighted by molar-refractivity contribution is -0.147. The largest absolute Gasteiger partial charge is 0.456 e. The fourth-order valence-electron chi connectivity index (χ4n) is 6.39. The third-order valence-corrected chi connectivity index (χ3v) is 14.4. The van der Waals surface area contributed by atoms with Crippen LogP contribution in [0.15, 0.2) is 60.3 Å². The van der Waals surface area contributed by atoms with Crippen LogP contribution in [0.4, 0.5) is 0 Å². The quantitative estimate of drug-likeness (QED) is 0.132. The molecule has 1 saturated heterocycles. The molecule has 2 bridgehead atoms. The number of allylic oxidation sites excluding steroid dienone is 1. The van der Waals surface area contributed by atoms with Crippen molar-refractivity contribution in [3.8, 4) is 0 Å². The molecular formula is C37H58O6Si. The monoisotopic (exact) mass is 626 g/mol. The van der Waals surface area contributed by atoms with Crippen molar-refractivity contribution in [1.29, 1.82) is 0 Å². The highest BCUT2D eigenvalue weighted by atomic mass is 28.4. The summed E-state index contributed by atoms with van der Waals surface area (Å²) in [7, 11) is -2.22. The molecule has 0 unspecified atom stereocenters. The molecule has 0 radical (unpaired) electrons. The van der Waals surface area contributed by atoms with Gasteiger partial charge in [0, 0.05) is 12.5 Å². The number of hydrogen-bond donors (Lipinski definition) is 0. The average molecular weight is 627 g/mol. The van der Waals surface area contributed by atoms with E-state index in [9.17, 15) is 4.79 Å². The van der Waals surface area contributed by atoms with Gasteiger partial charge in [0.2, 0.25) is 0 Å². The standard InChI is InChI=1S/C37H58O6Si/c1-25-18-19-39-30(22-25)16-17-32(43-44(8,9)37(5,6)7)33-24-34-36(42-34)28(4)21-26(2)20-27(3)23-31-14-10-12-29(40-31)13-11-15-35(38)41-33/h10-12,15-18,27-34,36H,2,13-14,19-24H2,1,3-9H3/b15-11-,17-16+/t27-,28-,29-,30+,31-,32-,33-,34+,36+/m0/s1. The molecule has 0 spiro atoms. The molecule has 4 aliphatic rings. The second-order valence-corrected chi connectivity index (χ2v) is 20.0. The van der Waals surface area contributed by atoms with E-state index >= 15 is 0 Å². The molecule has 4 rings (SSSR count). The molecule has 9 atom stereocenters. The molecule has 4 heterocycles. The van der Waals surface area contributed by atoms with E-state index in [1.807, 2.05) is 6.08 Å². The van der Waals surface area contributed by atoms with Crippen molar-refractivity contribution in [3.63, 3.8) is 0 Å². The molecule has 4 aliphatic heterocycles. The van der Waals surface area contributed by atoms with Gasteiger partial charge in [-0.1, -0.05) is 88.8 Å². The number of carbonyl (C=O) groups excluding carboxylic acids is 1. The minimum Gasteiger partial charge on any atom is -0.456 e. The van der Waals surface area contributed by atoms with Crippen molar-refractivity contribution >= 4 is 14.3 Å². The zero-order chi connectivity index (χ0) is 32.1. The average Bonchev–Trinajstić information content (AvgIpc) is 3.69. The Labute approximate surface area is 268 Å². The molecule has 0 saturated carbocycles. The molecule has 0 aromatic rings. The highest BCUT2D eigenvalue weighted by molar-refractivity contribution is 6.74. The highest BCUT2D eigenvalue weighted by Crippen LogP contribution is 2.41. The number of cyclic esters (lactones) is 1. The van der Waals surface area contributed by atoms with E-state index in [-0.39, 0.29) is 41.5 Å². The molecule has 0 amide bonds. The first-order chi connectivity index (χ1) is 20.7. The number of esters is 1. The zero-order valence-corrected chi connectivity index (χ0v) is 29.6. The maximum absolute atomic E-state index is 13.3.